The highest BCUT2D eigenvalue weighted by Gasteiger charge is 2.20. The van der Waals surface area contributed by atoms with Crippen LogP contribution in [-0.2, 0) is 13.0 Å². The lowest BCUT2D eigenvalue weighted by Gasteiger charge is -2.26. The van der Waals surface area contributed by atoms with Crippen molar-refractivity contribution in [3.8, 4) is 5.75 Å². The molecule has 1 N–H and O–H groups in total. The fourth-order valence-electron chi connectivity index (χ4n) is 2.95. The van der Waals surface area contributed by atoms with E-state index < -0.39 is 0 Å². The highest BCUT2D eigenvalue weighted by Crippen LogP contribution is 2.32. The van der Waals surface area contributed by atoms with Gasteiger partial charge in [-0.05, 0) is 36.1 Å². The van der Waals surface area contributed by atoms with Crippen molar-refractivity contribution in [3.63, 3.8) is 0 Å². The summed E-state index contributed by atoms with van der Waals surface area (Å²) in [6.07, 6.45) is 3.98. The fraction of sp³-hybridized carbons (Fsp3) is 0.389. The molecule has 0 bridgehead atoms. The number of rotatable bonds is 5. The van der Waals surface area contributed by atoms with E-state index in [9.17, 15) is 0 Å². The predicted octanol–water partition coefficient (Wildman–Crippen LogP) is 3.30. The SMILES string of the molecule is CCc1cccnc1CNCC1CCOc2ccccc21. The number of para-hydroxylation sites is 1. The minimum atomic E-state index is 0.531. The van der Waals surface area contributed by atoms with E-state index in [1.54, 1.807) is 0 Å². The molecule has 0 aliphatic carbocycles. The van der Waals surface area contributed by atoms with E-state index in [1.807, 2.05) is 18.3 Å². The molecular formula is C18H22N2O. The van der Waals surface area contributed by atoms with Crippen molar-refractivity contribution < 1.29 is 4.74 Å². The van der Waals surface area contributed by atoms with Gasteiger partial charge in [-0.1, -0.05) is 31.2 Å². The Morgan fingerprint density at radius 1 is 1.24 bits per heavy atom. The number of hydrogen-bond acceptors (Lipinski definition) is 3. The van der Waals surface area contributed by atoms with Crippen molar-refractivity contribution in [1.82, 2.24) is 10.3 Å². The van der Waals surface area contributed by atoms with Crippen LogP contribution in [0.15, 0.2) is 42.6 Å². The van der Waals surface area contributed by atoms with Crippen LogP contribution in [0.1, 0.15) is 36.1 Å². The van der Waals surface area contributed by atoms with Crippen molar-refractivity contribution in [2.24, 2.45) is 0 Å². The number of fused-ring (bicyclic) bond motifs is 1. The smallest absolute Gasteiger partial charge is 0.122 e. The molecule has 0 fully saturated rings. The average molecular weight is 282 g/mol. The molecule has 2 aromatic rings. The molecule has 1 unspecified atom stereocenters. The maximum absolute atomic E-state index is 5.71. The highest BCUT2D eigenvalue weighted by molar-refractivity contribution is 5.38. The number of pyridine rings is 1. The van der Waals surface area contributed by atoms with Crippen LogP contribution in [0.4, 0.5) is 0 Å². The molecule has 1 aromatic carbocycles. The van der Waals surface area contributed by atoms with Gasteiger partial charge in [0.15, 0.2) is 0 Å². The van der Waals surface area contributed by atoms with Gasteiger partial charge in [-0.15, -0.1) is 0 Å². The largest absolute Gasteiger partial charge is 0.493 e. The molecule has 2 heterocycles. The molecule has 3 nitrogen and oxygen atoms in total. The molecule has 1 aliphatic heterocycles. The topological polar surface area (TPSA) is 34.2 Å². The molecule has 1 atom stereocenters. The summed E-state index contributed by atoms with van der Waals surface area (Å²) in [6.45, 7) is 4.80. The van der Waals surface area contributed by atoms with E-state index in [-0.39, 0.29) is 0 Å². The van der Waals surface area contributed by atoms with Crippen LogP contribution < -0.4 is 10.1 Å². The molecule has 1 aliphatic rings. The normalized spacial score (nSPS) is 17.1. The van der Waals surface area contributed by atoms with Gasteiger partial charge in [0.1, 0.15) is 5.75 Å². The van der Waals surface area contributed by atoms with Crippen LogP contribution in [-0.4, -0.2) is 18.1 Å². The molecule has 3 rings (SSSR count). The zero-order valence-electron chi connectivity index (χ0n) is 12.5. The third-order valence-corrected chi connectivity index (χ3v) is 4.13. The first-order chi connectivity index (χ1) is 10.4. The fourth-order valence-corrected chi connectivity index (χ4v) is 2.95. The maximum Gasteiger partial charge on any atom is 0.122 e. The monoisotopic (exact) mass is 282 g/mol. The molecule has 0 spiro atoms. The Morgan fingerprint density at radius 3 is 3.05 bits per heavy atom. The summed E-state index contributed by atoms with van der Waals surface area (Å²) in [4.78, 5) is 4.49. The lowest BCUT2D eigenvalue weighted by Crippen LogP contribution is -2.26. The van der Waals surface area contributed by atoms with Crippen molar-refractivity contribution in [3.05, 3.63) is 59.4 Å². The Morgan fingerprint density at radius 2 is 2.14 bits per heavy atom. The Hall–Kier alpha value is -1.87. The minimum absolute atomic E-state index is 0.531. The summed E-state index contributed by atoms with van der Waals surface area (Å²) in [6, 6.07) is 12.5. The molecule has 0 amide bonds. The molecule has 110 valence electrons. The van der Waals surface area contributed by atoms with E-state index in [1.165, 1.54) is 16.8 Å². The van der Waals surface area contributed by atoms with E-state index in [0.29, 0.717) is 5.92 Å². The van der Waals surface area contributed by atoms with Gasteiger partial charge >= 0.3 is 0 Å². The van der Waals surface area contributed by atoms with Gasteiger partial charge in [0.05, 0.1) is 12.3 Å². The van der Waals surface area contributed by atoms with Crippen LogP contribution in [0.5, 0.6) is 5.75 Å². The van der Waals surface area contributed by atoms with Gasteiger partial charge in [0.2, 0.25) is 0 Å². The Kier molecular flexibility index (Phi) is 4.51. The molecule has 0 saturated heterocycles. The highest BCUT2D eigenvalue weighted by atomic mass is 16.5. The second-order valence-electron chi connectivity index (χ2n) is 5.47. The zero-order valence-corrected chi connectivity index (χ0v) is 12.5. The van der Waals surface area contributed by atoms with Gasteiger partial charge in [-0.2, -0.15) is 0 Å². The summed E-state index contributed by atoms with van der Waals surface area (Å²) in [5.41, 5.74) is 3.82. The Balaban J connectivity index is 1.61. The van der Waals surface area contributed by atoms with Crippen LogP contribution in [0.3, 0.4) is 0 Å². The van der Waals surface area contributed by atoms with Crippen LogP contribution >= 0.6 is 0 Å². The molecule has 21 heavy (non-hydrogen) atoms. The third kappa shape index (κ3) is 3.24. The lowest BCUT2D eigenvalue weighted by molar-refractivity contribution is 0.264. The number of aromatic nitrogens is 1. The van der Waals surface area contributed by atoms with Gasteiger partial charge in [0, 0.05) is 25.2 Å². The zero-order chi connectivity index (χ0) is 14.5. The summed E-state index contributed by atoms with van der Waals surface area (Å²) >= 11 is 0. The van der Waals surface area contributed by atoms with Crippen molar-refractivity contribution in [1.29, 1.82) is 0 Å². The predicted molar refractivity (Wildman–Crippen MR) is 84.6 cm³/mol. The number of nitrogens with zero attached hydrogens (tertiary/aromatic N) is 1. The maximum atomic E-state index is 5.71. The lowest BCUT2D eigenvalue weighted by atomic mass is 9.93. The molecule has 0 saturated carbocycles. The number of benzene rings is 1. The number of aryl methyl sites for hydroxylation is 1. The summed E-state index contributed by atoms with van der Waals surface area (Å²) < 4.78 is 5.71. The first kappa shape index (κ1) is 14.1. The van der Waals surface area contributed by atoms with Crippen LogP contribution in [0.25, 0.3) is 0 Å². The van der Waals surface area contributed by atoms with E-state index in [0.717, 1.165) is 38.3 Å². The number of ether oxygens (including phenoxy) is 1. The van der Waals surface area contributed by atoms with Crippen LogP contribution in [0, 0.1) is 0 Å². The first-order valence-corrected chi connectivity index (χ1v) is 7.73. The Bertz CT molecular complexity index is 597. The van der Waals surface area contributed by atoms with Crippen molar-refractivity contribution >= 4 is 0 Å². The summed E-state index contributed by atoms with van der Waals surface area (Å²) in [7, 11) is 0. The molecule has 1 aromatic heterocycles. The summed E-state index contributed by atoms with van der Waals surface area (Å²) in [5.74, 6) is 1.58. The third-order valence-electron chi connectivity index (χ3n) is 4.13. The van der Waals surface area contributed by atoms with Crippen LogP contribution in [0.2, 0.25) is 0 Å². The molecule has 0 radical (unpaired) electrons. The standard InChI is InChI=1S/C18H22N2O/c1-2-14-6-5-10-20-17(14)13-19-12-15-9-11-21-18-8-4-3-7-16(15)18/h3-8,10,15,19H,2,9,11-13H2,1H3. The van der Waals surface area contributed by atoms with Crippen molar-refractivity contribution in [2.75, 3.05) is 13.2 Å². The van der Waals surface area contributed by atoms with E-state index >= 15 is 0 Å². The van der Waals surface area contributed by atoms with Gasteiger partial charge in [0.25, 0.3) is 0 Å². The average Bonchev–Trinajstić information content (AvgIpc) is 2.55. The van der Waals surface area contributed by atoms with Crippen molar-refractivity contribution in [2.45, 2.75) is 32.2 Å². The first-order valence-electron chi connectivity index (χ1n) is 7.73. The second kappa shape index (κ2) is 6.72. The molecule has 3 heteroatoms. The van der Waals surface area contributed by atoms with Gasteiger partial charge < -0.3 is 10.1 Å². The Labute approximate surface area is 126 Å². The second-order valence-corrected chi connectivity index (χ2v) is 5.47. The quantitative estimate of drug-likeness (QED) is 0.913. The molecular weight excluding hydrogens is 260 g/mol. The van der Waals surface area contributed by atoms with Gasteiger partial charge in [-0.3, -0.25) is 4.98 Å². The van der Waals surface area contributed by atoms with E-state index in [4.69, 9.17) is 4.74 Å². The van der Waals surface area contributed by atoms with E-state index in [2.05, 4.69) is 41.5 Å². The minimum Gasteiger partial charge on any atom is -0.493 e. The summed E-state index contributed by atoms with van der Waals surface area (Å²) in [5, 5.41) is 3.57. The number of nitrogens with one attached hydrogen (secondary N) is 1. The van der Waals surface area contributed by atoms with Gasteiger partial charge in [-0.25, -0.2) is 0 Å². The number of hydrogen-bond donors (Lipinski definition) is 1.